The fourth-order valence-corrected chi connectivity index (χ4v) is 3.63. The first-order valence-electron chi connectivity index (χ1n) is 9.70. The van der Waals surface area contributed by atoms with Gasteiger partial charge in [0.25, 0.3) is 10.1 Å². The minimum Gasteiger partial charge on any atom is -0.478 e. The number of nitrogens with one attached hydrogen (secondary N) is 2. The van der Waals surface area contributed by atoms with E-state index in [1.54, 1.807) is 0 Å². The van der Waals surface area contributed by atoms with Gasteiger partial charge >= 0.3 is 11.9 Å². The van der Waals surface area contributed by atoms with Gasteiger partial charge in [-0.15, -0.1) is 0 Å². The molecule has 1 aromatic heterocycles. The molecule has 186 valence electrons. The van der Waals surface area contributed by atoms with Gasteiger partial charge in [0.15, 0.2) is 0 Å². The second-order valence-electron chi connectivity index (χ2n) is 7.18. The topological polar surface area (TPSA) is 226 Å². The van der Waals surface area contributed by atoms with Crippen molar-refractivity contribution in [3.8, 4) is 0 Å². The van der Waals surface area contributed by atoms with E-state index in [0.29, 0.717) is 12.0 Å². The van der Waals surface area contributed by atoms with Crippen LogP contribution in [0, 0.1) is 0 Å². The van der Waals surface area contributed by atoms with E-state index in [4.69, 9.17) is 4.55 Å². The lowest BCUT2D eigenvalue weighted by Gasteiger charge is -2.10. The van der Waals surface area contributed by atoms with Crippen LogP contribution >= 0.6 is 0 Å². The molecule has 2 rings (SSSR count). The van der Waals surface area contributed by atoms with Crippen LogP contribution in [-0.2, 0) is 33.0 Å². The van der Waals surface area contributed by atoms with Crippen molar-refractivity contribution in [1.29, 1.82) is 0 Å². The highest BCUT2D eigenvalue weighted by Gasteiger charge is 2.14. The Balaban J connectivity index is 2.30. The van der Waals surface area contributed by atoms with Crippen molar-refractivity contribution in [2.24, 2.45) is 0 Å². The van der Waals surface area contributed by atoms with Gasteiger partial charge in [0.1, 0.15) is 11.6 Å². The molecule has 2 aromatic rings. The van der Waals surface area contributed by atoms with Crippen LogP contribution in [0.5, 0.6) is 0 Å². The molecule has 0 unspecified atom stereocenters. The smallest absolute Gasteiger partial charge is 0.335 e. The molecule has 0 saturated heterocycles. The number of rotatable bonds is 13. The summed E-state index contributed by atoms with van der Waals surface area (Å²) in [6, 6.07) is 3.57. The Morgan fingerprint density at radius 1 is 0.912 bits per heavy atom. The second kappa shape index (κ2) is 11.3. The van der Waals surface area contributed by atoms with Crippen LogP contribution in [0.2, 0.25) is 0 Å². The summed E-state index contributed by atoms with van der Waals surface area (Å²) in [5, 5.41) is 21.1. The number of hydrogen-bond donors (Lipinski definition) is 5. The molecule has 14 nitrogen and oxygen atoms in total. The summed E-state index contributed by atoms with van der Waals surface area (Å²) >= 11 is 0. The molecule has 0 spiro atoms. The van der Waals surface area contributed by atoms with Crippen molar-refractivity contribution >= 4 is 38.0 Å². The molecular weight excluding hydrogens is 494 g/mol. The molecule has 0 aliphatic carbocycles. The largest absolute Gasteiger partial charge is 0.478 e. The molecule has 16 heteroatoms. The standard InChI is InChI=1S/C18H23N5O9S2/c1-33(28,29)20-4-2-3-14-21-15(23-18(22-14)19-5-6-34(30,31)32)9-11-7-12(16(24)25)10-13(8-11)17(26)27/h7-8,10,20H,2-6,9H2,1H3,(H,24,25)(H,26,27)(H,30,31,32)(H,19,21,22,23). The number of carboxylic acid groups (broad SMARTS) is 2. The van der Waals surface area contributed by atoms with Crippen molar-refractivity contribution in [1.82, 2.24) is 19.7 Å². The predicted molar refractivity (Wildman–Crippen MR) is 119 cm³/mol. The van der Waals surface area contributed by atoms with Crippen LogP contribution in [0.3, 0.4) is 0 Å². The lowest BCUT2D eigenvalue weighted by molar-refractivity contribution is 0.0696. The third-order valence-corrected chi connectivity index (χ3v) is 5.61. The third kappa shape index (κ3) is 9.74. The van der Waals surface area contributed by atoms with E-state index in [2.05, 4.69) is 25.0 Å². The number of carbonyl (C=O) groups is 2. The minimum absolute atomic E-state index is 0.0208. The number of benzene rings is 1. The Morgan fingerprint density at radius 2 is 1.50 bits per heavy atom. The number of carboxylic acids is 2. The fourth-order valence-electron chi connectivity index (χ4n) is 2.76. The molecule has 0 saturated carbocycles. The molecule has 0 amide bonds. The molecule has 0 aliphatic heterocycles. The van der Waals surface area contributed by atoms with Gasteiger partial charge in [0.2, 0.25) is 16.0 Å². The van der Waals surface area contributed by atoms with Crippen LogP contribution in [0.15, 0.2) is 18.2 Å². The van der Waals surface area contributed by atoms with Crippen molar-refractivity contribution in [2.45, 2.75) is 19.3 Å². The van der Waals surface area contributed by atoms with E-state index >= 15 is 0 Å². The van der Waals surface area contributed by atoms with Crippen LogP contribution in [0.1, 0.15) is 44.3 Å². The van der Waals surface area contributed by atoms with Gasteiger partial charge in [0.05, 0.1) is 23.1 Å². The molecule has 1 heterocycles. The van der Waals surface area contributed by atoms with E-state index in [9.17, 15) is 36.6 Å². The van der Waals surface area contributed by atoms with Gasteiger partial charge < -0.3 is 15.5 Å². The first kappa shape index (κ1) is 27.0. The zero-order chi connectivity index (χ0) is 25.5. The van der Waals surface area contributed by atoms with Crippen LogP contribution in [0.4, 0.5) is 5.95 Å². The summed E-state index contributed by atoms with van der Waals surface area (Å²) in [6.07, 6.45) is 1.51. The number of aromatic nitrogens is 3. The number of aryl methyl sites for hydroxylation is 1. The Hall–Kier alpha value is -3.21. The van der Waals surface area contributed by atoms with Crippen molar-refractivity contribution in [2.75, 3.05) is 30.4 Å². The Labute approximate surface area is 195 Å². The number of aromatic carboxylic acids is 2. The van der Waals surface area contributed by atoms with Crippen LogP contribution in [0.25, 0.3) is 0 Å². The van der Waals surface area contributed by atoms with Gasteiger partial charge in [-0.05, 0) is 30.2 Å². The monoisotopic (exact) mass is 517 g/mol. The van der Waals surface area contributed by atoms with Crippen LogP contribution < -0.4 is 10.0 Å². The fraction of sp³-hybridized carbons (Fsp3) is 0.389. The molecule has 5 N–H and O–H groups in total. The van der Waals surface area contributed by atoms with Crippen LogP contribution in [-0.4, -0.2) is 83.6 Å². The van der Waals surface area contributed by atoms with E-state index < -0.39 is 37.8 Å². The highest BCUT2D eigenvalue weighted by Crippen LogP contribution is 2.15. The Kier molecular flexibility index (Phi) is 8.97. The number of sulfonamides is 1. The summed E-state index contributed by atoms with van der Waals surface area (Å²) < 4.78 is 55.5. The van der Waals surface area contributed by atoms with Gasteiger partial charge in [-0.1, -0.05) is 0 Å². The lowest BCUT2D eigenvalue weighted by Crippen LogP contribution is -2.23. The lowest BCUT2D eigenvalue weighted by atomic mass is 10.0. The normalized spacial score (nSPS) is 11.8. The average molecular weight is 518 g/mol. The SMILES string of the molecule is CS(=O)(=O)NCCCc1nc(Cc2cc(C(=O)O)cc(C(=O)O)c2)nc(NCCS(=O)(=O)O)n1. The number of hydrogen-bond acceptors (Lipinski definition) is 10. The average Bonchev–Trinajstić information content (AvgIpc) is 2.69. The maximum absolute atomic E-state index is 11.3. The Morgan fingerprint density at radius 3 is 2.03 bits per heavy atom. The van der Waals surface area contributed by atoms with Crippen molar-refractivity contribution in [3.05, 3.63) is 46.5 Å². The van der Waals surface area contributed by atoms with Crippen molar-refractivity contribution < 1.29 is 41.2 Å². The van der Waals surface area contributed by atoms with E-state index in [0.717, 1.165) is 12.3 Å². The zero-order valence-electron chi connectivity index (χ0n) is 17.9. The molecule has 0 radical (unpaired) electrons. The first-order valence-corrected chi connectivity index (χ1v) is 13.2. The summed E-state index contributed by atoms with van der Waals surface area (Å²) in [4.78, 5) is 35.2. The quantitative estimate of drug-likeness (QED) is 0.169. The van der Waals surface area contributed by atoms with E-state index in [1.807, 2.05) is 0 Å². The molecule has 0 aliphatic rings. The summed E-state index contributed by atoms with van der Waals surface area (Å²) in [7, 11) is -7.61. The van der Waals surface area contributed by atoms with Crippen molar-refractivity contribution in [3.63, 3.8) is 0 Å². The van der Waals surface area contributed by atoms with Gasteiger partial charge in [-0.2, -0.15) is 18.4 Å². The number of anilines is 1. The predicted octanol–water partition coefficient (Wildman–Crippen LogP) is -0.360. The van der Waals surface area contributed by atoms with Gasteiger partial charge in [-0.25, -0.2) is 27.7 Å². The molecule has 0 fully saturated rings. The Bertz CT molecular complexity index is 1250. The zero-order valence-corrected chi connectivity index (χ0v) is 19.6. The summed E-state index contributed by atoms with van der Waals surface area (Å²) in [6.45, 7) is -0.0942. The summed E-state index contributed by atoms with van der Waals surface area (Å²) in [5.41, 5.74) is -0.165. The summed E-state index contributed by atoms with van der Waals surface area (Å²) in [5.74, 6) is -2.88. The third-order valence-electron chi connectivity index (χ3n) is 4.16. The maximum atomic E-state index is 11.3. The van der Waals surface area contributed by atoms with Gasteiger partial charge in [-0.3, -0.25) is 4.55 Å². The molecule has 34 heavy (non-hydrogen) atoms. The number of nitrogens with zero attached hydrogens (tertiary/aromatic N) is 3. The van der Waals surface area contributed by atoms with E-state index in [-0.39, 0.29) is 54.7 Å². The van der Waals surface area contributed by atoms with Gasteiger partial charge in [0, 0.05) is 25.9 Å². The molecular formula is C18H23N5O9S2. The minimum atomic E-state index is -4.23. The highest BCUT2D eigenvalue weighted by atomic mass is 32.2. The molecule has 0 atom stereocenters. The van der Waals surface area contributed by atoms with E-state index in [1.165, 1.54) is 12.1 Å². The maximum Gasteiger partial charge on any atom is 0.335 e. The molecule has 1 aromatic carbocycles. The highest BCUT2D eigenvalue weighted by molar-refractivity contribution is 7.88. The second-order valence-corrected chi connectivity index (χ2v) is 10.6. The first-order chi connectivity index (χ1) is 15.7. The molecule has 0 bridgehead atoms.